The van der Waals surface area contributed by atoms with Gasteiger partial charge in [-0.25, -0.2) is 13.1 Å². The number of carbonyl (C=O) groups is 1. The van der Waals surface area contributed by atoms with Crippen LogP contribution >= 0.6 is 0 Å². The highest BCUT2D eigenvalue weighted by atomic mass is 32.2. The van der Waals surface area contributed by atoms with E-state index in [1.165, 1.54) is 18.2 Å². The lowest BCUT2D eigenvalue weighted by Gasteiger charge is -2.24. The Bertz CT molecular complexity index is 640. The Kier molecular flexibility index (Phi) is 4.50. The van der Waals surface area contributed by atoms with Crippen LogP contribution in [0, 0.1) is 0 Å². The summed E-state index contributed by atoms with van der Waals surface area (Å²) in [6, 6.07) is 3.69. The monoisotopic (exact) mass is 314 g/mol. The number of anilines is 1. The van der Waals surface area contributed by atoms with E-state index in [1.54, 1.807) is 13.8 Å². The minimum atomic E-state index is -3.77. The topological polar surface area (TPSA) is 105 Å². The molecule has 0 saturated heterocycles. The summed E-state index contributed by atoms with van der Waals surface area (Å²) in [6.07, 6.45) is -0.144. The van der Waals surface area contributed by atoms with Gasteiger partial charge in [0, 0.05) is 6.04 Å². The number of aliphatic hydroxyl groups is 1. The van der Waals surface area contributed by atoms with E-state index in [-0.39, 0.29) is 17.4 Å². The molecule has 0 aliphatic carbocycles. The summed E-state index contributed by atoms with van der Waals surface area (Å²) < 4.78 is 32.2. The highest BCUT2D eigenvalue weighted by Crippen LogP contribution is 2.31. The van der Waals surface area contributed by atoms with Crippen LogP contribution in [0.5, 0.6) is 5.75 Å². The largest absolute Gasteiger partial charge is 0.479 e. The minimum Gasteiger partial charge on any atom is -0.479 e. The number of amides is 1. The minimum absolute atomic E-state index is 0.00611. The van der Waals surface area contributed by atoms with E-state index < -0.39 is 22.2 Å². The van der Waals surface area contributed by atoms with E-state index in [0.29, 0.717) is 17.9 Å². The lowest BCUT2D eigenvalue weighted by Crippen LogP contribution is -2.37. The molecule has 0 radical (unpaired) electrons. The Morgan fingerprint density at radius 2 is 2.19 bits per heavy atom. The van der Waals surface area contributed by atoms with Gasteiger partial charge in [0.05, 0.1) is 17.2 Å². The van der Waals surface area contributed by atoms with Crippen LogP contribution in [-0.4, -0.2) is 38.2 Å². The Morgan fingerprint density at radius 3 is 2.81 bits per heavy atom. The maximum absolute atomic E-state index is 12.2. The predicted molar refractivity (Wildman–Crippen MR) is 76.6 cm³/mol. The van der Waals surface area contributed by atoms with Gasteiger partial charge >= 0.3 is 0 Å². The zero-order chi connectivity index (χ0) is 15.6. The first-order valence-electron chi connectivity index (χ1n) is 6.62. The number of aliphatic hydroxyl groups excluding tert-OH is 1. The summed E-state index contributed by atoms with van der Waals surface area (Å²) in [7, 11) is -3.77. The maximum Gasteiger partial charge on any atom is 0.265 e. The molecule has 0 saturated carbocycles. The van der Waals surface area contributed by atoms with E-state index >= 15 is 0 Å². The third-order valence-corrected chi connectivity index (χ3v) is 4.75. The second kappa shape index (κ2) is 6.00. The van der Waals surface area contributed by atoms with Gasteiger partial charge in [0.25, 0.3) is 5.91 Å². The summed E-state index contributed by atoms with van der Waals surface area (Å²) in [5.41, 5.74) is 0.318. The van der Waals surface area contributed by atoms with Gasteiger partial charge in [-0.1, -0.05) is 6.92 Å². The summed E-state index contributed by atoms with van der Waals surface area (Å²) in [6.45, 7) is 3.10. The van der Waals surface area contributed by atoms with Crippen molar-refractivity contribution in [1.82, 2.24) is 4.72 Å². The summed E-state index contributed by atoms with van der Waals surface area (Å²) in [5.74, 6) is 0.0991. The Balaban J connectivity index is 2.30. The van der Waals surface area contributed by atoms with Gasteiger partial charge < -0.3 is 15.2 Å². The third-order valence-electron chi connectivity index (χ3n) is 3.23. The summed E-state index contributed by atoms with van der Waals surface area (Å²) >= 11 is 0. The van der Waals surface area contributed by atoms with Gasteiger partial charge in [0.1, 0.15) is 5.75 Å². The van der Waals surface area contributed by atoms with Crippen LogP contribution in [0.15, 0.2) is 23.1 Å². The number of nitrogens with one attached hydrogen (secondary N) is 2. The predicted octanol–water partition coefficient (Wildman–Crippen LogP) is 0.455. The molecule has 1 amide bonds. The zero-order valence-electron chi connectivity index (χ0n) is 11.8. The lowest BCUT2D eigenvalue weighted by molar-refractivity contribution is -0.122. The molecule has 2 unspecified atom stereocenters. The fourth-order valence-electron chi connectivity index (χ4n) is 1.89. The smallest absolute Gasteiger partial charge is 0.265 e. The molecule has 7 nitrogen and oxygen atoms in total. The van der Waals surface area contributed by atoms with Crippen molar-refractivity contribution in [2.75, 3.05) is 11.9 Å². The zero-order valence-corrected chi connectivity index (χ0v) is 12.6. The molecule has 1 aromatic carbocycles. The molecule has 0 aromatic heterocycles. The quantitative estimate of drug-likeness (QED) is 0.732. The Morgan fingerprint density at radius 1 is 1.48 bits per heavy atom. The molecule has 2 atom stereocenters. The molecule has 2 rings (SSSR count). The Hall–Kier alpha value is -1.64. The van der Waals surface area contributed by atoms with E-state index in [9.17, 15) is 13.2 Å². The average molecular weight is 314 g/mol. The van der Waals surface area contributed by atoms with Crippen molar-refractivity contribution in [3.05, 3.63) is 18.2 Å². The van der Waals surface area contributed by atoms with Gasteiger partial charge in [0.15, 0.2) is 6.10 Å². The van der Waals surface area contributed by atoms with Crippen LogP contribution in [0.3, 0.4) is 0 Å². The first kappa shape index (κ1) is 15.7. The normalized spacial score (nSPS) is 19.4. The van der Waals surface area contributed by atoms with Crippen LogP contribution in [0.25, 0.3) is 0 Å². The SMILES string of the molecule is CCC(CO)NS(=O)(=O)c1ccc2c(c1)NC(=O)C(C)O2. The van der Waals surface area contributed by atoms with E-state index in [0.717, 1.165) is 0 Å². The molecule has 0 bridgehead atoms. The molecule has 0 spiro atoms. The molecule has 0 fully saturated rings. The number of hydrogen-bond acceptors (Lipinski definition) is 5. The molecule has 8 heteroatoms. The van der Waals surface area contributed by atoms with E-state index in [2.05, 4.69) is 10.0 Å². The first-order valence-corrected chi connectivity index (χ1v) is 8.10. The molecular weight excluding hydrogens is 296 g/mol. The molecule has 116 valence electrons. The molecular formula is C13H18N2O5S. The number of fused-ring (bicyclic) bond motifs is 1. The van der Waals surface area contributed by atoms with Gasteiger partial charge in [-0.05, 0) is 31.5 Å². The van der Waals surface area contributed by atoms with Crippen molar-refractivity contribution >= 4 is 21.6 Å². The first-order chi connectivity index (χ1) is 9.87. The van der Waals surface area contributed by atoms with Crippen molar-refractivity contribution in [2.45, 2.75) is 37.3 Å². The standard InChI is InChI=1S/C13H18N2O5S/c1-3-9(7-16)15-21(18,19)10-4-5-12-11(6-10)14-13(17)8(2)20-12/h4-6,8-9,15-16H,3,7H2,1-2H3,(H,14,17). The average Bonchev–Trinajstić information content (AvgIpc) is 2.45. The van der Waals surface area contributed by atoms with Crippen molar-refractivity contribution in [3.8, 4) is 5.75 Å². The number of rotatable bonds is 5. The van der Waals surface area contributed by atoms with Crippen molar-refractivity contribution < 1.29 is 23.1 Å². The number of carbonyl (C=O) groups excluding carboxylic acids is 1. The number of sulfonamides is 1. The second-order valence-corrected chi connectivity index (χ2v) is 6.53. The number of ether oxygens (including phenoxy) is 1. The van der Waals surface area contributed by atoms with Gasteiger partial charge in [-0.15, -0.1) is 0 Å². The van der Waals surface area contributed by atoms with E-state index in [1.807, 2.05) is 0 Å². The third kappa shape index (κ3) is 3.34. The number of benzene rings is 1. The van der Waals surface area contributed by atoms with Crippen molar-refractivity contribution in [2.24, 2.45) is 0 Å². The molecule has 1 heterocycles. The van der Waals surface area contributed by atoms with Crippen LogP contribution in [-0.2, 0) is 14.8 Å². The lowest BCUT2D eigenvalue weighted by atomic mass is 10.2. The van der Waals surface area contributed by atoms with Crippen LogP contribution in [0.4, 0.5) is 5.69 Å². The molecule has 1 aliphatic rings. The summed E-state index contributed by atoms with van der Waals surface area (Å²) in [4.78, 5) is 11.6. The highest BCUT2D eigenvalue weighted by Gasteiger charge is 2.26. The van der Waals surface area contributed by atoms with E-state index in [4.69, 9.17) is 9.84 Å². The highest BCUT2D eigenvalue weighted by molar-refractivity contribution is 7.89. The fraction of sp³-hybridized carbons (Fsp3) is 0.462. The van der Waals surface area contributed by atoms with Crippen LogP contribution in [0.1, 0.15) is 20.3 Å². The second-order valence-electron chi connectivity index (χ2n) is 4.82. The molecule has 21 heavy (non-hydrogen) atoms. The van der Waals surface area contributed by atoms with Crippen molar-refractivity contribution in [3.63, 3.8) is 0 Å². The fourth-order valence-corrected chi connectivity index (χ4v) is 3.23. The van der Waals surface area contributed by atoms with Crippen LogP contribution in [0.2, 0.25) is 0 Å². The molecule has 1 aliphatic heterocycles. The number of hydrogen-bond donors (Lipinski definition) is 3. The van der Waals surface area contributed by atoms with Crippen LogP contribution < -0.4 is 14.8 Å². The van der Waals surface area contributed by atoms with Crippen molar-refractivity contribution in [1.29, 1.82) is 0 Å². The maximum atomic E-state index is 12.2. The molecule has 1 aromatic rings. The summed E-state index contributed by atoms with van der Waals surface area (Å²) in [5, 5.41) is 11.7. The Labute approximate surface area is 123 Å². The van der Waals surface area contributed by atoms with Gasteiger partial charge in [-0.2, -0.15) is 0 Å². The van der Waals surface area contributed by atoms with Gasteiger partial charge in [-0.3, -0.25) is 4.79 Å². The van der Waals surface area contributed by atoms with Gasteiger partial charge in [0.2, 0.25) is 10.0 Å². The molecule has 3 N–H and O–H groups in total.